The Morgan fingerprint density at radius 3 is 3.24 bits per heavy atom. The van der Waals surface area contributed by atoms with E-state index in [9.17, 15) is 5.11 Å². The van der Waals surface area contributed by atoms with Crippen molar-refractivity contribution in [2.45, 2.75) is 18.5 Å². The lowest BCUT2D eigenvalue weighted by Gasteiger charge is -2.47. The fraction of sp³-hybridized carbons (Fsp3) is 0.571. The molecule has 0 unspecified atom stereocenters. The van der Waals surface area contributed by atoms with Crippen LogP contribution in [0.1, 0.15) is 6.92 Å². The van der Waals surface area contributed by atoms with Crippen LogP contribution < -0.4 is 5.32 Å². The number of morpholine rings is 1. The average molecular weight is 291 g/mol. The smallest absolute Gasteiger partial charge is 0.154 e. The van der Waals surface area contributed by atoms with Crippen LogP contribution in [0.4, 0.5) is 5.82 Å². The van der Waals surface area contributed by atoms with E-state index in [4.69, 9.17) is 4.74 Å². The molecular formula is C14H21N5O2. The number of ether oxygens (including phenoxy) is 1. The van der Waals surface area contributed by atoms with Crippen molar-refractivity contribution in [2.75, 3.05) is 38.7 Å². The summed E-state index contributed by atoms with van der Waals surface area (Å²) in [4.78, 5) is 13.9. The summed E-state index contributed by atoms with van der Waals surface area (Å²) in [5, 5.41) is 13.2. The summed E-state index contributed by atoms with van der Waals surface area (Å²) in [5.74, 6) is 0.716. The van der Waals surface area contributed by atoms with Gasteiger partial charge in [0.15, 0.2) is 5.82 Å². The minimum Gasteiger partial charge on any atom is -0.394 e. The lowest BCUT2D eigenvalue weighted by atomic mass is 9.96. The molecule has 2 aromatic rings. The van der Waals surface area contributed by atoms with Crippen molar-refractivity contribution < 1.29 is 9.84 Å². The van der Waals surface area contributed by atoms with Crippen LogP contribution in [-0.4, -0.2) is 70.0 Å². The first-order valence-corrected chi connectivity index (χ1v) is 7.10. The van der Waals surface area contributed by atoms with E-state index in [0.717, 1.165) is 11.0 Å². The van der Waals surface area contributed by atoms with Crippen LogP contribution in [0.5, 0.6) is 0 Å². The fourth-order valence-electron chi connectivity index (χ4n) is 2.73. The van der Waals surface area contributed by atoms with Crippen LogP contribution in [0.15, 0.2) is 18.6 Å². The molecule has 3 heterocycles. The Morgan fingerprint density at radius 2 is 2.43 bits per heavy atom. The molecule has 0 saturated carbocycles. The van der Waals surface area contributed by atoms with Gasteiger partial charge in [0.05, 0.1) is 37.2 Å². The molecule has 3 rings (SSSR count). The van der Waals surface area contributed by atoms with Gasteiger partial charge >= 0.3 is 0 Å². The number of aromatic amines is 1. The highest BCUT2D eigenvalue weighted by Crippen LogP contribution is 2.24. The molecule has 7 heteroatoms. The molecule has 1 aliphatic rings. The molecule has 0 aromatic carbocycles. The number of aliphatic hydroxyl groups is 1. The number of anilines is 1. The summed E-state index contributed by atoms with van der Waals surface area (Å²) in [6, 6.07) is 2.15. The number of rotatable bonds is 4. The fourth-order valence-corrected chi connectivity index (χ4v) is 2.73. The lowest BCUT2D eigenvalue weighted by Crippen LogP contribution is -2.64. The Balaban J connectivity index is 1.80. The normalized spacial score (nSPS) is 27.1. The maximum atomic E-state index is 9.88. The number of aromatic nitrogens is 3. The van der Waals surface area contributed by atoms with E-state index in [-0.39, 0.29) is 12.6 Å². The van der Waals surface area contributed by atoms with E-state index in [1.165, 1.54) is 0 Å². The number of likely N-dealkylation sites (N-methyl/N-ethyl adjacent to an activating group) is 1. The molecule has 1 saturated heterocycles. The third-order valence-corrected chi connectivity index (χ3v) is 4.36. The van der Waals surface area contributed by atoms with Gasteiger partial charge in [0.2, 0.25) is 0 Å². The Labute approximate surface area is 123 Å². The third-order valence-electron chi connectivity index (χ3n) is 4.36. The molecule has 0 amide bonds. The van der Waals surface area contributed by atoms with Crippen LogP contribution in [0.25, 0.3) is 11.0 Å². The van der Waals surface area contributed by atoms with Gasteiger partial charge in [-0.2, -0.15) is 0 Å². The van der Waals surface area contributed by atoms with Gasteiger partial charge in [-0.05, 0) is 20.0 Å². The number of hydrogen-bond donors (Lipinski definition) is 3. The van der Waals surface area contributed by atoms with Crippen LogP contribution in [0.2, 0.25) is 0 Å². The van der Waals surface area contributed by atoms with E-state index >= 15 is 0 Å². The summed E-state index contributed by atoms with van der Waals surface area (Å²) in [5.41, 5.74) is 1.29. The highest BCUT2D eigenvalue weighted by molar-refractivity contribution is 5.85. The monoisotopic (exact) mass is 291 g/mol. The van der Waals surface area contributed by atoms with Gasteiger partial charge in [-0.3, -0.25) is 4.90 Å². The van der Waals surface area contributed by atoms with Crippen LogP contribution >= 0.6 is 0 Å². The zero-order valence-electron chi connectivity index (χ0n) is 12.3. The number of nitrogens with zero attached hydrogens (tertiary/aromatic N) is 3. The van der Waals surface area contributed by atoms with Crippen molar-refractivity contribution in [1.29, 1.82) is 0 Å². The standard InChI is InChI=1S/C14H21N5O2/c1-10-5-21-8-14(7-20,19(10)2)6-16-13-12-11(3-4-15-13)17-9-18-12/h3-4,9-10,20H,5-8H2,1-2H3,(H,15,16)(H,17,18)/t10-,14+/m1/s1. The zero-order chi connectivity index (χ0) is 14.9. The van der Waals surface area contributed by atoms with Gasteiger partial charge in [-0.15, -0.1) is 0 Å². The largest absolute Gasteiger partial charge is 0.394 e. The van der Waals surface area contributed by atoms with E-state index in [1.54, 1.807) is 12.5 Å². The molecule has 2 atom stereocenters. The molecule has 0 bridgehead atoms. The first-order valence-electron chi connectivity index (χ1n) is 7.10. The van der Waals surface area contributed by atoms with Crippen LogP contribution in [0, 0.1) is 0 Å². The predicted molar refractivity (Wildman–Crippen MR) is 80.2 cm³/mol. The van der Waals surface area contributed by atoms with Crippen molar-refractivity contribution >= 4 is 16.9 Å². The minimum absolute atomic E-state index is 0.0252. The summed E-state index contributed by atoms with van der Waals surface area (Å²) in [6.07, 6.45) is 3.38. The Hall–Kier alpha value is -1.70. The average Bonchev–Trinajstić information content (AvgIpc) is 2.98. The van der Waals surface area contributed by atoms with Crippen molar-refractivity contribution in [1.82, 2.24) is 19.9 Å². The topological polar surface area (TPSA) is 86.3 Å². The molecule has 7 nitrogen and oxygen atoms in total. The minimum atomic E-state index is -0.447. The second-order valence-electron chi connectivity index (χ2n) is 5.67. The molecule has 114 valence electrons. The highest BCUT2D eigenvalue weighted by Gasteiger charge is 2.40. The van der Waals surface area contributed by atoms with Crippen molar-refractivity contribution in [3.8, 4) is 0 Å². The van der Waals surface area contributed by atoms with Gasteiger partial charge in [0.1, 0.15) is 5.52 Å². The molecule has 21 heavy (non-hydrogen) atoms. The number of nitrogens with one attached hydrogen (secondary N) is 2. The summed E-state index contributed by atoms with van der Waals surface area (Å²) >= 11 is 0. The van der Waals surface area contributed by atoms with Crippen molar-refractivity contribution in [3.63, 3.8) is 0 Å². The van der Waals surface area contributed by atoms with Crippen LogP contribution in [0.3, 0.4) is 0 Å². The Morgan fingerprint density at radius 1 is 1.57 bits per heavy atom. The zero-order valence-corrected chi connectivity index (χ0v) is 12.3. The van der Waals surface area contributed by atoms with E-state index < -0.39 is 5.54 Å². The highest BCUT2D eigenvalue weighted by atomic mass is 16.5. The number of fused-ring (bicyclic) bond motifs is 1. The number of imidazole rings is 1. The number of hydrogen-bond acceptors (Lipinski definition) is 6. The molecule has 0 spiro atoms. The Bertz CT molecular complexity index is 616. The summed E-state index contributed by atoms with van der Waals surface area (Å²) < 4.78 is 5.64. The van der Waals surface area contributed by atoms with Gasteiger partial charge in [-0.25, -0.2) is 9.97 Å². The van der Waals surface area contributed by atoms with Crippen LogP contribution in [-0.2, 0) is 4.74 Å². The second kappa shape index (κ2) is 5.59. The van der Waals surface area contributed by atoms with Gasteiger partial charge in [0.25, 0.3) is 0 Å². The number of pyridine rings is 1. The molecule has 1 fully saturated rings. The third kappa shape index (κ3) is 2.48. The molecule has 0 radical (unpaired) electrons. The first kappa shape index (κ1) is 14.2. The summed E-state index contributed by atoms with van der Waals surface area (Å²) in [6.45, 7) is 3.84. The maximum absolute atomic E-state index is 9.88. The number of H-pyrrole nitrogens is 1. The quantitative estimate of drug-likeness (QED) is 0.758. The van der Waals surface area contributed by atoms with Crippen molar-refractivity contribution in [3.05, 3.63) is 18.6 Å². The van der Waals surface area contributed by atoms with E-state index in [2.05, 4.69) is 32.1 Å². The molecule has 0 aliphatic carbocycles. The van der Waals surface area contributed by atoms with Gasteiger partial charge in [0, 0.05) is 18.8 Å². The van der Waals surface area contributed by atoms with Crippen molar-refractivity contribution in [2.24, 2.45) is 0 Å². The predicted octanol–water partition coefficient (Wildman–Crippen LogP) is 0.451. The SMILES string of the molecule is C[C@@H]1COC[C@@](CO)(CNc2nccc3[nH]cnc23)N1C. The summed E-state index contributed by atoms with van der Waals surface area (Å²) in [7, 11) is 2.02. The molecule has 1 aliphatic heterocycles. The lowest BCUT2D eigenvalue weighted by molar-refractivity contribution is -0.101. The maximum Gasteiger partial charge on any atom is 0.154 e. The second-order valence-corrected chi connectivity index (χ2v) is 5.67. The van der Waals surface area contributed by atoms with Gasteiger partial charge in [-0.1, -0.05) is 0 Å². The Kier molecular flexibility index (Phi) is 3.79. The van der Waals surface area contributed by atoms with E-state index in [1.807, 2.05) is 13.1 Å². The molecule has 3 N–H and O–H groups in total. The van der Waals surface area contributed by atoms with E-state index in [0.29, 0.717) is 25.6 Å². The molecule has 2 aromatic heterocycles. The van der Waals surface area contributed by atoms with Gasteiger partial charge < -0.3 is 20.1 Å². The molecular weight excluding hydrogens is 270 g/mol. The first-order chi connectivity index (χ1) is 10.2. The number of aliphatic hydroxyl groups excluding tert-OH is 1.